The molecule has 7 nitrogen and oxygen atoms in total. The lowest BCUT2D eigenvalue weighted by atomic mass is 10.1. The summed E-state index contributed by atoms with van der Waals surface area (Å²) in [4.78, 5) is 28.9. The van der Waals surface area contributed by atoms with Crippen LogP contribution in [0.4, 0.5) is 17.1 Å². The molecule has 33 heavy (non-hydrogen) atoms. The van der Waals surface area contributed by atoms with Crippen LogP contribution >= 0.6 is 11.6 Å². The molecule has 1 aliphatic heterocycles. The fourth-order valence-corrected chi connectivity index (χ4v) is 4.13. The number of para-hydroxylation sites is 2. The number of carboxylic acids is 1. The highest BCUT2D eigenvalue weighted by Gasteiger charge is 2.22. The van der Waals surface area contributed by atoms with Gasteiger partial charge in [-0.3, -0.25) is 4.79 Å². The summed E-state index contributed by atoms with van der Waals surface area (Å²) in [7, 11) is 1.66. The molecule has 3 aromatic rings. The fourth-order valence-electron chi connectivity index (χ4n) is 3.94. The number of hydrogen-bond donors (Lipinski definition) is 2. The van der Waals surface area contributed by atoms with Gasteiger partial charge in [0.15, 0.2) is 0 Å². The van der Waals surface area contributed by atoms with Crippen LogP contribution in [0.15, 0.2) is 66.7 Å². The highest BCUT2D eigenvalue weighted by Crippen LogP contribution is 2.30. The third-order valence-corrected chi connectivity index (χ3v) is 5.87. The first-order valence-corrected chi connectivity index (χ1v) is 10.9. The zero-order valence-corrected chi connectivity index (χ0v) is 18.9. The molecule has 0 unspecified atom stereocenters. The number of aromatic carboxylic acids is 1. The maximum absolute atomic E-state index is 12.6. The Kier molecular flexibility index (Phi) is 6.70. The molecule has 170 valence electrons. The molecule has 0 bridgehead atoms. The first kappa shape index (κ1) is 22.5. The van der Waals surface area contributed by atoms with Crippen LogP contribution in [-0.4, -0.2) is 50.3 Å². The molecule has 0 atom stereocenters. The van der Waals surface area contributed by atoms with Crippen molar-refractivity contribution in [3.63, 3.8) is 0 Å². The number of halogens is 1. The van der Waals surface area contributed by atoms with E-state index in [-0.39, 0.29) is 11.3 Å². The second kappa shape index (κ2) is 9.83. The van der Waals surface area contributed by atoms with Gasteiger partial charge in [0.25, 0.3) is 5.91 Å². The van der Waals surface area contributed by atoms with E-state index in [0.29, 0.717) is 10.6 Å². The minimum Gasteiger partial charge on any atom is -0.495 e. The normalized spacial score (nSPS) is 13.5. The van der Waals surface area contributed by atoms with Crippen molar-refractivity contribution in [1.29, 1.82) is 0 Å². The lowest BCUT2D eigenvalue weighted by molar-refractivity contribution is 0.0698. The van der Waals surface area contributed by atoms with Gasteiger partial charge in [-0.2, -0.15) is 0 Å². The van der Waals surface area contributed by atoms with Gasteiger partial charge in [-0.05, 0) is 48.5 Å². The number of anilines is 3. The van der Waals surface area contributed by atoms with Gasteiger partial charge in [0.1, 0.15) is 5.75 Å². The molecule has 0 spiro atoms. The van der Waals surface area contributed by atoms with Gasteiger partial charge in [0, 0.05) is 42.5 Å². The molecular weight excluding hydrogens is 442 g/mol. The summed E-state index contributed by atoms with van der Waals surface area (Å²) in [6, 6.07) is 19.5. The Morgan fingerprint density at radius 1 is 0.939 bits per heavy atom. The number of hydrogen-bond acceptors (Lipinski definition) is 5. The number of benzene rings is 3. The van der Waals surface area contributed by atoms with Crippen molar-refractivity contribution in [3.05, 3.63) is 82.9 Å². The van der Waals surface area contributed by atoms with Crippen LogP contribution in [0.5, 0.6) is 5.75 Å². The summed E-state index contributed by atoms with van der Waals surface area (Å²) in [5, 5.41) is 12.9. The molecule has 1 amide bonds. The second-order valence-corrected chi connectivity index (χ2v) is 8.08. The van der Waals surface area contributed by atoms with Crippen LogP contribution < -0.4 is 19.9 Å². The van der Waals surface area contributed by atoms with Crippen LogP contribution in [0.2, 0.25) is 5.02 Å². The number of ether oxygens (including phenoxy) is 1. The standard InChI is InChI=1S/C25H24ClN3O4/c1-33-23-8-3-2-7-22(23)29-13-11-28(12-14-29)19-9-10-21(20(16-19)25(31)32)27-24(30)17-5-4-6-18(26)15-17/h2-10,15-16H,11-14H2,1H3,(H,27,30)(H,31,32). The molecule has 0 aromatic heterocycles. The van der Waals surface area contributed by atoms with Gasteiger partial charge in [-0.15, -0.1) is 0 Å². The Bertz CT molecular complexity index is 1180. The van der Waals surface area contributed by atoms with E-state index in [9.17, 15) is 14.7 Å². The van der Waals surface area contributed by atoms with Crippen molar-refractivity contribution in [2.24, 2.45) is 0 Å². The van der Waals surface area contributed by atoms with E-state index >= 15 is 0 Å². The van der Waals surface area contributed by atoms with E-state index in [4.69, 9.17) is 16.3 Å². The number of rotatable bonds is 6. The minimum atomic E-state index is -1.11. The average molecular weight is 466 g/mol. The maximum Gasteiger partial charge on any atom is 0.337 e. The largest absolute Gasteiger partial charge is 0.495 e. The molecule has 1 aliphatic rings. The highest BCUT2D eigenvalue weighted by atomic mass is 35.5. The molecular formula is C25H24ClN3O4. The topological polar surface area (TPSA) is 82.1 Å². The SMILES string of the molecule is COc1ccccc1N1CCN(c2ccc(NC(=O)c3cccc(Cl)c3)c(C(=O)O)c2)CC1. The van der Waals surface area contributed by atoms with Crippen molar-refractivity contribution in [2.75, 3.05) is 48.4 Å². The lowest BCUT2D eigenvalue weighted by Gasteiger charge is -2.38. The van der Waals surface area contributed by atoms with Gasteiger partial charge < -0.3 is 25.0 Å². The van der Waals surface area contributed by atoms with Crippen molar-refractivity contribution in [2.45, 2.75) is 0 Å². The quantitative estimate of drug-likeness (QED) is 0.552. The van der Waals surface area contributed by atoms with E-state index in [1.807, 2.05) is 30.3 Å². The maximum atomic E-state index is 12.6. The smallest absolute Gasteiger partial charge is 0.337 e. The van der Waals surface area contributed by atoms with Gasteiger partial charge in [0.05, 0.1) is 24.0 Å². The van der Waals surface area contributed by atoms with E-state index in [1.165, 1.54) is 6.07 Å². The summed E-state index contributed by atoms with van der Waals surface area (Å²) in [5.41, 5.74) is 2.48. The van der Waals surface area contributed by atoms with Gasteiger partial charge in [-0.1, -0.05) is 29.8 Å². The van der Waals surface area contributed by atoms with Crippen molar-refractivity contribution < 1.29 is 19.4 Å². The van der Waals surface area contributed by atoms with Gasteiger partial charge in [-0.25, -0.2) is 4.79 Å². The third-order valence-electron chi connectivity index (χ3n) is 5.64. The summed E-state index contributed by atoms with van der Waals surface area (Å²) >= 11 is 5.96. The van der Waals surface area contributed by atoms with Crippen molar-refractivity contribution >= 4 is 40.5 Å². The first-order valence-electron chi connectivity index (χ1n) is 10.5. The molecule has 2 N–H and O–H groups in total. The van der Waals surface area contributed by atoms with Crippen molar-refractivity contribution in [3.8, 4) is 5.75 Å². The summed E-state index contributed by atoms with van der Waals surface area (Å²) in [5.74, 6) is -0.692. The van der Waals surface area contributed by atoms with Crippen LogP contribution in [0.25, 0.3) is 0 Å². The second-order valence-electron chi connectivity index (χ2n) is 7.65. The van der Waals surface area contributed by atoms with Crippen LogP contribution in [0.1, 0.15) is 20.7 Å². The number of nitrogens with one attached hydrogen (secondary N) is 1. The lowest BCUT2D eigenvalue weighted by Crippen LogP contribution is -2.46. The first-order chi connectivity index (χ1) is 16.0. The predicted molar refractivity (Wildman–Crippen MR) is 130 cm³/mol. The number of methoxy groups -OCH3 is 1. The Morgan fingerprint density at radius 3 is 2.36 bits per heavy atom. The fraction of sp³-hybridized carbons (Fsp3) is 0.200. The molecule has 8 heteroatoms. The molecule has 3 aromatic carbocycles. The number of amides is 1. The Morgan fingerprint density at radius 2 is 1.67 bits per heavy atom. The number of carboxylic acid groups (broad SMARTS) is 1. The van der Waals surface area contributed by atoms with E-state index < -0.39 is 11.9 Å². The van der Waals surface area contributed by atoms with Gasteiger partial charge in [0.2, 0.25) is 0 Å². The molecule has 1 fully saturated rings. The summed E-state index contributed by atoms with van der Waals surface area (Å²) in [6.07, 6.45) is 0. The van der Waals surface area contributed by atoms with E-state index in [2.05, 4.69) is 15.1 Å². The van der Waals surface area contributed by atoms with Gasteiger partial charge >= 0.3 is 5.97 Å². The Labute approximate surface area is 197 Å². The molecule has 4 rings (SSSR count). The molecule has 1 saturated heterocycles. The molecule has 0 saturated carbocycles. The molecule has 1 heterocycles. The Balaban J connectivity index is 1.49. The number of nitrogens with zero attached hydrogens (tertiary/aromatic N) is 2. The third kappa shape index (κ3) is 5.04. The Hall–Kier alpha value is -3.71. The number of piperazine rings is 1. The van der Waals surface area contributed by atoms with Crippen LogP contribution in [0.3, 0.4) is 0 Å². The summed E-state index contributed by atoms with van der Waals surface area (Å²) < 4.78 is 5.47. The average Bonchev–Trinajstić information content (AvgIpc) is 2.84. The zero-order valence-electron chi connectivity index (χ0n) is 18.1. The van der Waals surface area contributed by atoms with Crippen LogP contribution in [0, 0.1) is 0 Å². The predicted octanol–water partition coefficient (Wildman–Crippen LogP) is 4.63. The van der Waals surface area contributed by atoms with E-state index in [0.717, 1.165) is 43.3 Å². The van der Waals surface area contributed by atoms with Crippen molar-refractivity contribution in [1.82, 2.24) is 0 Å². The summed E-state index contributed by atoms with van der Waals surface area (Å²) in [6.45, 7) is 3.00. The molecule has 0 radical (unpaired) electrons. The van der Waals surface area contributed by atoms with Crippen LogP contribution in [-0.2, 0) is 0 Å². The minimum absolute atomic E-state index is 0.0371. The monoisotopic (exact) mass is 465 g/mol. The number of carbonyl (C=O) groups is 2. The number of carbonyl (C=O) groups excluding carboxylic acids is 1. The highest BCUT2D eigenvalue weighted by molar-refractivity contribution is 6.31. The zero-order chi connectivity index (χ0) is 23.4. The molecule has 0 aliphatic carbocycles. The van der Waals surface area contributed by atoms with E-state index in [1.54, 1.807) is 37.4 Å².